The molecule has 0 aliphatic carbocycles. The topological polar surface area (TPSA) is 77.0 Å². The first kappa shape index (κ1) is 14.6. The van der Waals surface area contributed by atoms with Crippen molar-refractivity contribution in [1.82, 2.24) is 19.9 Å². The summed E-state index contributed by atoms with van der Waals surface area (Å²) in [6, 6.07) is 6.28. The molecular weight excluding hydrogens is 285 g/mol. The zero-order chi connectivity index (χ0) is 15.5. The standard InChI is InChI=1S/C15H18FN5O/c16-13-3-1-2-11(6-13)9-21-10-14(18-19-21)15(22)20-5-4-12(7-17)8-20/h1-3,6,10,12H,4-5,7-9,17H2/t12-/m0/s1. The van der Waals surface area contributed by atoms with Crippen molar-refractivity contribution in [3.8, 4) is 0 Å². The number of carbonyl (C=O) groups is 1. The lowest BCUT2D eigenvalue weighted by molar-refractivity contribution is 0.0781. The van der Waals surface area contributed by atoms with E-state index in [1.807, 2.05) is 0 Å². The van der Waals surface area contributed by atoms with Crippen LogP contribution in [0.25, 0.3) is 0 Å². The van der Waals surface area contributed by atoms with Gasteiger partial charge in [0, 0.05) is 13.1 Å². The second kappa shape index (κ2) is 6.23. The summed E-state index contributed by atoms with van der Waals surface area (Å²) in [5.41, 5.74) is 6.72. The predicted octanol–water partition coefficient (Wildman–Crippen LogP) is 0.886. The average Bonchev–Trinajstić information content (AvgIpc) is 3.15. The maximum absolute atomic E-state index is 13.2. The fourth-order valence-electron chi connectivity index (χ4n) is 2.67. The Morgan fingerprint density at radius 2 is 2.32 bits per heavy atom. The summed E-state index contributed by atoms with van der Waals surface area (Å²) >= 11 is 0. The van der Waals surface area contributed by atoms with E-state index in [4.69, 9.17) is 5.73 Å². The van der Waals surface area contributed by atoms with Gasteiger partial charge in [-0.3, -0.25) is 4.79 Å². The third-order valence-electron chi connectivity index (χ3n) is 3.90. The molecule has 22 heavy (non-hydrogen) atoms. The number of hydrogen-bond acceptors (Lipinski definition) is 4. The summed E-state index contributed by atoms with van der Waals surface area (Å²) < 4.78 is 14.7. The Morgan fingerprint density at radius 3 is 3.05 bits per heavy atom. The normalized spacial score (nSPS) is 17.9. The van der Waals surface area contributed by atoms with Crippen LogP contribution >= 0.6 is 0 Å². The monoisotopic (exact) mass is 303 g/mol. The number of benzene rings is 1. The maximum Gasteiger partial charge on any atom is 0.276 e. The van der Waals surface area contributed by atoms with E-state index in [0.717, 1.165) is 12.0 Å². The Labute approximate surface area is 127 Å². The van der Waals surface area contributed by atoms with Gasteiger partial charge in [-0.2, -0.15) is 0 Å². The molecule has 116 valence electrons. The summed E-state index contributed by atoms with van der Waals surface area (Å²) in [7, 11) is 0. The Hall–Kier alpha value is -2.28. The maximum atomic E-state index is 13.2. The van der Waals surface area contributed by atoms with Gasteiger partial charge in [0.15, 0.2) is 5.69 Å². The van der Waals surface area contributed by atoms with Crippen LogP contribution in [0.3, 0.4) is 0 Å². The van der Waals surface area contributed by atoms with Crippen molar-refractivity contribution in [3.63, 3.8) is 0 Å². The van der Waals surface area contributed by atoms with E-state index in [2.05, 4.69) is 10.3 Å². The first-order valence-corrected chi connectivity index (χ1v) is 7.29. The molecule has 1 amide bonds. The number of hydrogen-bond donors (Lipinski definition) is 1. The number of nitrogens with two attached hydrogens (primary N) is 1. The molecule has 0 bridgehead atoms. The highest BCUT2D eigenvalue weighted by atomic mass is 19.1. The van der Waals surface area contributed by atoms with E-state index in [-0.39, 0.29) is 11.7 Å². The first-order valence-electron chi connectivity index (χ1n) is 7.29. The molecular formula is C15H18FN5O. The Morgan fingerprint density at radius 1 is 1.45 bits per heavy atom. The van der Waals surface area contributed by atoms with Crippen molar-refractivity contribution in [2.45, 2.75) is 13.0 Å². The van der Waals surface area contributed by atoms with Crippen LogP contribution in [0.1, 0.15) is 22.5 Å². The predicted molar refractivity (Wildman–Crippen MR) is 78.6 cm³/mol. The Bertz CT molecular complexity index is 671. The Balaban J connectivity index is 1.67. The Kier molecular flexibility index (Phi) is 4.15. The minimum Gasteiger partial charge on any atom is -0.337 e. The number of aromatic nitrogens is 3. The minimum atomic E-state index is -0.293. The van der Waals surface area contributed by atoms with Crippen LogP contribution in [0.15, 0.2) is 30.5 Å². The van der Waals surface area contributed by atoms with Crippen molar-refractivity contribution in [3.05, 3.63) is 47.5 Å². The highest BCUT2D eigenvalue weighted by molar-refractivity contribution is 5.92. The molecule has 0 radical (unpaired) electrons. The number of rotatable bonds is 4. The molecule has 7 heteroatoms. The van der Waals surface area contributed by atoms with Gasteiger partial charge in [0.25, 0.3) is 5.91 Å². The molecule has 6 nitrogen and oxygen atoms in total. The van der Waals surface area contributed by atoms with Gasteiger partial charge >= 0.3 is 0 Å². The smallest absolute Gasteiger partial charge is 0.276 e. The molecule has 0 saturated carbocycles. The van der Waals surface area contributed by atoms with Gasteiger partial charge in [0.2, 0.25) is 0 Å². The number of likely N-dealkylation sites (tertiary alicyclic amines) is 1. The van der Waals surface area contributed by atoms with Crippen molar-refractivity contribution >= 4 is 5.91 Å². The molecule has 1 atom stereocenters. The summed E-state index contributed by atoms with van der Waals surface area (Å²) in [6.07, 6.45) is 2.53. The molecule has 1 aromatic heterocycles. The van der Waals surface area contributed by atoms with Gasteiger partial charge in [-0.05, 0) is 36.6 Å². The molecule has 1 aliphatic rings. The lowest BCUT2D eigenvalue weighted by Crippen LogP contribution is -2.30. The molecule has 1 saturated heterocycles. The van der Waals surface area contributed by atoms with Crippen molar-refractivity contribution in [2.75, 3.05) is 19.6 Å². The summed E-state index contributed by atoms with van der Waals surface area (Å²) in [5, 5.41) is 7.87. The number of amides is 1. The van der Waals surface area contributed by atoms with Crippen LogP contribution < -0.4 is 5.73 Å². The second-order valence-electron chi connectivity index (χ2n) is 5.57. The molecule has 2 N–H and O–H groups in total. The fraction of sp³-hybridized carbons (Fsp3) is 0.400. The first-order chi connectivity index (χ1) is 10.7. The van der Waals surface area contributed by atoms with Gasteiger partial charge in [-0.1, -0.05) is 17.3 Å². The summed E-state index contributed by atoms with van der Waals surface area (Å²) in [4.78, 5) is 14.1. The molecule has 0 unspecified atom stereocenters. The molecule has 2 heterocycles. The molecule has 2 aromatic rings. The van der Waals surface area contributed by atoms with Gasteiger partial charge in [-0.25, -0.2) is 9.07 Å². The number of halogens is 1. The minimum absolute atomic E-state index is 0.124. The van der Waals surface area contributed by atoms with Crippen molar-refractivity contribution in [1.29, 1.82) is 0 Å². The van der Waals surface area contributed by atoms with Gasteiger partial charge in [-0.15, -0.1) is 5.10 Å². The largest absolute Gasteiger partial charge is 0.337 e. The lowest BCUT2D eigenvalue weighted by Gasteiger charge is -2.13. The van der Waals surface area contributed by atoms with Crippen molar-refractivity contribution < 1.29 is 9.18 Å². The second-order valence-corrected chi connectivity index (χ2v) is 5.57. The molecule has 3 rings (SSSR count). The van der Waals surface area contributed by atoms with Crippen LogP contribution in [-0.4, -0.2) is 45.4 Å². The summed E-state index contributed by atoms with van der Waals surface area (Å²) in [5.74, 6) is -0.0495. The van der Waals surface area contributed by atoms with Crippen LogP contribution in [-0.2, 0) is 6.54 Å². The zero-order valence-electron chi connectivity index (χ0n) is 12.2. The quantitative estimate of drug-likeness (QED) is 0.910. The van der Waals surface area contributed by atoms with Crippen LogP contribution in [0.5, 0.6) is 0 Å². The van der Waals surface area contributed by atoms with Gasteiger partial charge < -0.3 is 10.6 Å². The van der Waals surface area contributed by atoms with Crippen LogP contribution in [0.4, 0.5) is 4.39 Å². The van der Waals surface area contributed by atoms with E-state index >= 15 is 0 Å². The molecule has 1 aliphatic heterocycles. The van der Waals surface area contributed by atoms with Gasteiger partial charge in [0.05, 0.1) is 12.7 Å². The summed E-state index contributed by atoms with van der Waals surface area (Å²) in [6.45, 7) is 2.35. The number of nitrogens with zero attached hydrogens (tertiary/aromatic N) is 4. The van der Waals surface area contributed by atoms with E-state index in [1.165, 1.54) is 12.1 Å². The molecule has 1 aromatic carbocycles. The lowest BCUT2D eigenvalue weighted by atomic mass is 10.1. The fourth-order valence-corrected chi connectivity index (χ4v) is 2.67. The van der Waals surface area contributed by atoms with E-state index in [0.29, 0.717) is 37.8 Å². The highest BCUT2D eigenvalue weighted by Crippen LogP contribution is 2.17. The van der Waals surface area contributed by atoms with E-state index in [9.17, 15) is 9.18 Å². The number of carbonyl (C=O) groups excluding carboxylic acids is 1. The third kappa shape index (κ3) is 3.14. The van der Waals surface area contributed by atoms with E-state index in [1.54, 1.807) is 27.9 Å². The van der Waals surface area contributed by atoms with Crippen LogP contribution in [0.2, 0.25) is 0 Å². The molecule has 1 fully saturated rings. The average molecular weight is 303 g/mol. The third-order valence-corrected chi connectivity index (χ3v) is 3.90. The SMILES string of the molecule is NC[C@@H]1CCN(C(=O)c2cn(Cc3cccc(F)c3)nn2)C1. The molecule has 0 spiro atoms. The van der Waals surface area contributed by atoms with Crippen molar-refractivity contribution in [2.24, 2.45) is 11.7 Å². The zero-order valence-corrected chi connectivity index (χ0v) is 12.2. The highest BCUT2D eigenvalue weighted by Gasteiger charge is 2.27. The van der Waals surface area contributed by atoms with Gasteiger partial charge in [0.1, 0.15) is 5.82 Å². The van der Waals surface area contributed by atoms with E-state index < -0.39 is 0 Å². The van der Waals surface area contributed by atoms with Crippen LogP contribution in [0, 0.1) is 11.7 Å².